The molecule has 0 spiro atoms. The molecule has 1 aromatic carbocycles. The summed E-state index contributed by atoms with van der Waals surface area (Å²) in [4.78, 5) is 15.2. The average molecular weight is 407 g/mol. The fraction of sp³-hybridized carbons (Fsp3) is 0.333. The maximum Gasteiger partial charge on any atom is 0.251 e. The third kappa shape index (κ3) is 3.73. The molecule has 2 heterocycles. The zero-order chi connectivity index (χ0) is 20.5. The molecule has 0 saturated heterocycles. The number of hydrogen-bond donors (Lipinski definition) is 2. The Morgan fingerprint density at radius 1 is 1.18 bits per heavy atom. The molecule has 0 unspecified atom stereocenters. The highest BCUT2D eigenvalue weighted by Crippen LogP contribution is 2.29. The van der Waals surface area contributed by atoms with Gasteiger partial charge < -0.3 is 19.0 Å². The zero-order valence-electron chi connectivity index (χ0n) is 16.0. The summed E-state index contributed by atoms with van der Waals surface area (Å²) >= 11 is 0. The van der Waals surface area contributed by atoms with Gasteiger partial charge in [0.05, 0.1) is 19.7 Å². The van der Waals surface area contributed by atoms with Crippen molar-refractivity contribution in [1.29, 1.82) is 0 Å². The summed E-state index contributed by atoms with van der Waals surface area (Å²) in [5.74, 6) is 1.28. The maximum atomic E-state index is 12.5. The van der Waals surface area contributed by atoms with Crippen LogP contribution in [0.2, 0.25) is 0 Å². The van der Waals surface area contributed by atoms with Crippen molar-refractivity contribution in [2.75, 3.05) is 20.8 Å². The monoisotopic (exact) mass is 407 g/mol. The molecule has 150 valence electrons. The molecule has 0 fully saturated rings. The minimum Gasteiger partial charge on any atom is -0.497 e. The van der Waals surface area contributed by atoms with Crippen LogP contribution in [0.4, 0.5) is 0 Å². The molecule has 3 aromatic rings. The molecular weight excluding hydrogens is 386 g/mol. The average Bonchev–Trinajstić information content (AvgIpc) is 3.00. The van der Waals surface area contributed by atoms with Crippen molar-refractivity contribution >= 4 is 20.9 Å². The van der Waals surface area contributed by atoms with Crippen LogP contribution < -0.4 is 19.8 Å². The Bertz CT molecular complexity index is 1160. The Balaban J connectivity index is 1.85. The first-order chi connectivity index (χ1) is 13.3. The molecule has 9 nitrogen and oxygen atoms in total. The highest BCUT2D eigenvalue weighted by atomic mass is 32.2. The molecule has 0 aliphatic heterocycles. The van der Waals surface area contributed by atoms with E-state index in [1.165, 1.54) is 21.1 Å². The molecule has 2 N–H and O–H groups in total. The molecule has 10 heteroatoms. The van der Waals surface area contributed by atoms with Crippen molar-refractivity contribution in [2.24, 2.45) is 0 Å². The van der Waals surface area contributed by atoms with Crippen molar-refractivity contribution in [3.63, 3.8) is 0 Å². The number of sulfonamides is 1. The normalized spacial score (nSPS) is 11.7. The molecule has 28 heavy (non-hydrogen) atoms. The number of methoxy groups -OCH3 is 2. The van der Waals surface area contributed by atoms with Crippen LogP contribution in [0, 0.1) is 13.8 Å². The van der Waals surface area contributed by atoms with Gasteiger partial charge >= 0.3 is 0 Å². The van der Waals surface area contributed by atoms with Crippen molar-refractivity contribution in [2.45, 2.75) is 25.2 Å². The predicted octanol–water partition coefficient (Wildman–Crippen LogP) is 1.67. The predicted molar refractivity (Wildman–Crippen MR) is 103 cm³/mol. The van der Waals surface area contributed by atoms with Crippen LogP contribution in [-0.4, -0.2) is 39.3 Å². The SMILES string of the molecule is COc1cc(OC)c2[nH]c(=O)c(CCNS(=O)(=O)c3c(C)noc3C)cc2c1. The lowest BCUT2D eigenvalue weighted by atomic mass is 10.1. The van der Waals surface area contributed by atoms with Crippen LogP contribution in [0.15, 0.2) is 32.4 Å². The van der Waals surface area contributed by atoms with E-state index in [4.69, 9.17) is 14.0 Å². The summed E-state index contributed by atoms with van der Waals surface area (Å²) in [5.41, 5.74) is 0.956. The third-order valence-electron chi connectivity index (χ3n) is 4.34. The maximum absolute atomic E-state index is 12.5. The molecule has 0 bridgehead atoms. The van der Waals surface area contributed by atoms with Crippen LogP contribution in [0.1, 0.15) is 17.0 Å². The van der Waals surface area contributed by atoms with Gasteiger partial charge in [0.25, 0.3) is 5.56 Å². The quantitative estimate of drug-likeness (QED) is 0.610. The van der Waals surface area contributed by atoms with Crippen LogP contribution in [-0.2, 0) is 16.4 Å². The van der Waals surface area contributed by atoms with E-state index in [9.17, 15) is 13.2 Å². The molecule has 0 saturated carbocycles. The first-order valence-corrected chi connectivity index (χ1v) is 9.95. The second-order valence-corrected chi connectivity index (χ2v) is 7.92. The minimum absolute atomic E-state index is 0.0226. The van der Waals surface area contributed by atoms with Crippen molar-refractivity contribution in [3.05, 3.63) is 45.6 Å². The molecule has 0 amide bonds. The lowest BCUT2D eigenvalue weighted by Gasteiger charge is -2.10. The van der Waals surface area contributed by atoms with E-state index in [0.717, 1.165) is 5.39 Å². The van der Waals surface area contributed by atoms with Crippen LogP contribution in [0.5, 0.6) is 11.5 Å². The van der Waals surface area contributed by atoms with Gasteiger partial charge in [-0.2, -0.15) is 0 Å². The van der Waals surface area contributed by atoms with Crippen LogP contribution in [0.25, 0.3) is 10.9 Å². The number of pyridine rings is 1. The van der Waals surface area contributed by atoms with E-state index < -0.39 is 10.0 Å². The van der Waals surface area contributed by atoms with E-state index in [1.807, 2.05) is 0 Å². The smallest absolute Gasteiger partial charge is 0.251 e. The Labute approximate surface area is 161 Å². The number of ether oxygens (including phenoxy) is 2. The van der Waals surface area contributed by atoms with Crippen molar-refractivity contribution < 1.29 is 22.4 Å². The second-order valence-electron chi connectivity index (χ2n) is 6.22. The molecule has 0 aliphatic carbocycles. The highest BCUT2D eigenvalue weighted by Gasteiger charge is 2.23. The fourth-order valence-electron chi connectivity index (χ4n) is 3.02. The molecule has 0 atom stereocenters. The molecule has 3 rings (SSSR count). The third-order valence-corrected chi connectivity index (χ3v) is 6.05. The molecule has 0 aliphatic rings. The Hall–Kier alpha value is -2.85. The summed E-state index contributed by atoms with van der Waals surface area (Å²) in [6.45, 7) is 3.13. The number of hydrogen-bond acceptors (Lipinski definition) is 7. The number of fused-ring (bicyclic) bond motifs is 1. The van der Waals surface area contributed by atoms with Gasteiger partial charge in [-0.05, 0) is 32.4 Å². The lowest BCUT2D eigenvalue weighted by molar-refractivity contribution is 0.390. The first kappa shape index (κ1) is 19.9. The zero-order valence-corrected chi connectivity index (χ0v) is 16.8. The number of aromatic amines is 1. The van der Waals surface area contributed by atoms with Gasteiger partial charge in [0.2, 0.25) is 10.0 Å². The van der Waals surface area contributed by atoms with Gasteiger partial charge in [0, 0.05) is 23.6 Å². The van der Waals surface area contributed by atoms with Gasteiger partial charge in [-0.3, -0.25) is 4.79 Å². The minimum atomic E-state index is -3.78. The molecular formula is C18H21N3O6S. The lowest BCUT2D eigenvalue weighted by Crippen LogP contribution is -2.28. The van der Waals surface area contributed by atoms with Gasteiger partial charge in [0.15, 0.2) is 5.76 Å². The van der Waals surface area contributed by atoms with E-state index >= 15 is 0 Å². The first-order valence-electron chi connectivity index (χ1n) is 8.47. The number of nitrogens with one attached hydrogen (secondary N) is 2. The van der Waals surface area contributed by atoms with E-state index in [0.29, 0.717) is 22.6 Å². The largest absolute Gasteiger partial charge is 0.497 e. The summed E-state index contributed by atoms with van der Waals surface area (Å²) in [6.07, 6.45) is 0.202. The Kier molecular flexibility index (Phi) is 5.43. The number of benzene rings is 1. The van der Waals surface area contributed by atoms with Crippen LogP contribution in [0.3, 0.4) is 0 Å². The van der Waals surface area contributed by atoms with Crippen LogP contribution >= 0.6 is 0 Å². The number of H-pyrrole nitrogens is 1. The standard InChI is InChI=1S/C18H21N3O6S/c1-10-17(11(2)27-21-10)28(23,24)19-6-5-12-7-13-8-14(25-3)9-15(26-4)16(13)20-18(12)22/h7-9,19H,5-6H2,1-4H3,(H,20,22). The Morgan fingerprint density at radius 3 is 2.54 bits per heavy atom. The number of aromatic nitrogens is 2. The highest BCUT2D eigenvalue weighted by molar-refractivity contribution is 7.89. The fourth-order valence-corrected chi connectivity index (χ4v) is 4.38. The molecule has 0 radical (unpaired) electrons. The van der Waals surface area contributed by atoms with Crippen molar-refractivity contribution in [1.82, 2.24) is 14.9 Å². The van der Waals surface area contributed by atoms with Gasteiger partial charge in [-0.1, -0.05) is 5.16 Å². The topological polar surface area (TPSA) is 124 Å². The molecule has 2 aromatic heterocycles. The summed E-state index contributed by atoms with van der Waals surface area (Å²) < 4.78 is 42.9. The summed E-state index contributed by atoms with van der Waals surface area (Å²) in [6, 6.07) is 5.14. The second kappa shape index (κ2) is 7.64. The summed E-state index contributed by atoms with van der Waals surface area (Å²) in [7, 11) is -0.741. The van der Waals surface area contributed by atoms with E-state index in [-0.39, 0.29) is 34.9 Å². The van der Waals surface area contributed by atoms with E-state index in [2.05, 4.69) is 14.9 Å². The Morgan fingerprint density at radius 2 is 1.93 bits per heavy atom. The summed E-state index contributed by atoms with van der Waals surface area (Å²) in [5, 5.41) is 4.38. The number of rotatable bonds is 7. The van der Waals surface area contributed by atoms with Gasteiger partial charge in [-0.25, -0.2) is 13.1 Å². The van der Waals surface area contributed by atoms with E-state index in [1.54, 1.807) is 25.1 Å². The van der Waals surface area contributed by atoms with Crippen molar-refractivity contribution in [3.8, 4) is 11.5 Å². The number of aryl methyl sites for hydroxylation is 2. The number of nitrogens with zero attached hydrogens (tertiary/aromatic N) is 1. The van der Waals surface area contributed by atoms with Gasteiger partial charge in [0.1, 0.15) is 22.1 Å². The van der Waals surface area contributed by atoms with Gasteiger partial charge in [-0.15, -0.1) is 0 Å².